The molecule has 0 radical (unpaired) electrons. The van der Waals surface area contributed by atoms with Gasteiger partial charge in [-0.3, -0.25) is 4.98 Å². The van der Waals surface area contributed by atoms with E-state index in [0.29, 0.717) is 12.0 Å². The van der Waals surface area contributed by atoms with E-state index >= 15 is 0 Å². The lowest BCUT2D eigenvalue weighted by Gasteiger charge is -2.21. The molecule has 1 N–H and O–H groups in total. The summed E-state index contributed by atoms with van der Waals surface area (Å²) in [5.74, 6) is 1.50. The minimum atomic E-state index is 0.174. The molecule has 1 aromatic heterocycles. The Balaban J connectivity index is 2.06. The number of pyridine rings is 1. The van der Waals surface area contributed by atoms with Gasteiger partial charge < -0.3 is 14.8 Å². The van der Waals surface area contributed by atoms with Gasteiger partial charge in [-0.15, -0.1) is 0 Å². The molecule has 1 aliphatic heterocycles. The molecule has 4 heteroatoms. The second-order valence-corrected chi connectivity index (χ2v) is 5.70. The molecule has 112 valence electrons. The molecule has 2 rings (SSSR count). The maximum Gasteiger partial charge on any atom is 0.138 e. The highest BCUT2D eigenvalue weighted by Gasteiger charge is 2.22. The third-order valence-corrected chi connectivity index (χ3v) is 3.55. The molecule has 0 amide bonds. The van der Waals surface area contributed by atoms with Crippen molar-refractivity contribution in [3.05, 3.63) is 24.0 Å². The van der Waals surface area contributed by atoms with Gasteiger partial charge in [0.2, 0.25) is 0 Å². The van der Waals surface area contributed by atoms with Gasteiger partial charge in [-0.05, 0) is 50.8 Å². The molecule has 2 atom stereocenters. The van der Waals surface area contributed by atoms with Crippen LogP contribution in [0.2, 0.25) is 0 Å². The summed E-state index contributed by atoms with van der Waals surface area (Å²) < 4.78 is 11.2. The molecule has 1 aliphatic rings. The van der Waals surface area contributed by atoms with Gasteiger partial charge in [0, 0.05) is 25.5 Å². The van der Waals surface area contributed by atoms with Crippen LogP contribution in [0.25, 0.3) is 0 Å². The maximum absolute atomic E-state index is 5.74. The van der Waals surface area contributed by atoms with Crippen LogP contribution in [0, 0.1) is 5.92 Å². The molecule has 1 fully saturated rings. The highest BCUT2D eigenvalue weighted by Crippen LogP contribution is 2.28. The fourth-order valence-electron chi connectivity index (χ4n) is 2.65. The zero-order valence-corrected chi connectivity index (χ0v) is 12.8. The van der Waals surface area contributed by atoms with E-state index in [9.17, 15) is 0 Å². The summed E-state index contributed by atoms with van der Waals surface area (Å²) in [6.07, 6.45) is 6.16. The largest absolute Gasteiger partial charge is 0.489 e. The predicted molar refractivity (Wildman–Crippen MR) is 80.0 cm³/mol. The number of hydrogen-bond acceptors (Lipinski definition) is 4. The van der Waals surface area contributed by atoms with E-state index < -0.39 is 0 Å². The SMILES string of the molecule is CCNC(CC1CCOC1)c1cncc(OC(C)C)c1. The minimum Gasteiger partial charge on any atom is -0.489 e. The number of aromatic nitrogens is 1. The molecular weight excluding hydrogens is 252 g/mol. The van der Waals surface area contributed by atoms with Gasteiger partial charge >= 0.3 is 0 Å². The summed E-state index contributed by atoms with van der Waals surface area (Å²) in [6.45, 7) is 8.94. The maximum atomic E-state index is 5.74. The number of nitrogens with zero attached hydrogens (tertiary/aromatic N) is 1. The lowest BCUT2D eigenvalue weighted by atomic mass is 9.95. The molecule has 0 spiro atoms. The molecule has 0 aliphatic carbocycles. The molecular formula is C16H26N2O2. The summed E-state index contributed by atoms with van der Waals surface area (Å²) in [7, 11) is 0. The van der Waals surface area contributed by atoms with Crippen molar-refractivity contribution in [3.63, 3.8) is 0 Å². The lowest BCUT2D eigenvalue weighted by molar-refractivity contribution is 0.181. The van der Waals surface area contributed by atoms with Crippen LogP contribution < -0.4 is 10.1 Å². The molecule has 0 bridgehead atoms. The molecule has 4 nitrogen and oxygen atoms in total. The normalized spacial score (nSPS) is 20.3. The van der Waals surface area contributed by atoms with Crippen LogP contribution in [0.1, 0.15) is 45.2 Å². The number of hydrogen-bond donors (Lipinski definition) is 1. The third-order valence-electron chi connectivity index (χ3n) is 3.55. The Kier molecular flexibility index (Phi) is 5.80. The average molecular weight is 278 g/mol. The second-order valence-electron chi connectivity index (χ2n) is 5.70. The van der Waals surface area contributed by atoms with E-state index in [1.807, 2.05) is 20.0 Å². The van der Waals surface area contributed by atoms with Gasteiger partial charge in [-0.25, -0.2) is 0 Å². The van der Waals surface area contributed by atoms with E-state index in [2.05, 4.69) is 23.3 Å². The molecule has 1 aromatic rings. The summed E-state index contributed by atoms with van der Waals surface area (Å²) in [4.78, 5) is 4.32. The Hall–Kier alpha value is -1.13. The van der Waals surface area contributed by atoms with Gasteiger partial charge in [0.25, 0.3) is 0 Å². The van der Waals surface area contributed by atoms with E-state index in [0.717, 1.165) is 38.3 Å². The Morgan fingerprint density at radius 2 is 2.30 bits per heavy atom. The third kappa shape index (κ3) is 4.46. The summed E-state index contributed by atoms with van der Waals surface area (Å²) in [5.41, 5.74) is 1.21. The molecule has 0 saturated carbocycles. The van der Waals surface area contributed by atoms with Crippen molar-refractivity contribution in [1.29, 1.82) is 0 Å². The summed E-state index contributed by atoms with van der Waals surface area (Å²) in [6, 6.07) is 2.44. The van der Waals surface area contributed by atoms with Crippen molar-refractivity contribution in [2.24, 2.45) is 5.92 Å². The van der Waals surface area contributed by atoms with Crippen molar-refractivity contribution >= 4 is 0 Å². The minimum absolute atomic E-state index is 0.174. The van der Waals surface area contributed by atoms with Crippen molar-refractivity contribution in [2.45, 2.75) is 45.8 Å². The van der Waals surface area contributed by atoms with E-state index in [-0.39, 0.29) is 6.10 Å². The molecule has 20 heavy (non-hydrogen) atoms. The Bertz CT molecular complexity index is 403. The highest BCUT2D eigenvalue weighted by atomic mass is 16.5. The van der Waals surface area contributed by atoms with Crippen LogP contribution in [0.5, 0.6) is 5.75 Å². The summed E-state index contributed by atoms with van der Waals surface area (Å²) in [5, 5.41) is 3.56. The van der Waals surface area contributed by atoms with E-state index in [4.69, 9.17) is 9.47 Å². The highest BCUT2D eigenvalue weighted by molar-refractivity contribution is 5.26. The van der Waals surface area contributed by atoms with Gasteiger partial charge in [0.1, 0.15) is 5.75 Å². The van der Waals surface area contributed by atoms with Crippen LogP contribution in [-0.2, 0) is 4.74 Å². The quantitative estimate of drug-likeness (QED) is 0.833. The number of ether oxygens (including phenoxy) is 2. The van der Waals surface area contributed by atoms with Crippen LogP contribution in [0.3, 0.4) is 0 Å². The fourth-order valence-corrected chi connectivity index (χ4v) is 2.65. The van der Waals surface area contributed by atoms with Crippen molar-refractivity contribution in [3.8, 4) is 5.75 Å². The standard InChI is InChI=1S/C16H26N2O2/c1-4-18-16(7-13-5-6-19-11-13)14-8-15(10-17-9-14)20-12(2)3/h8-10,12-13,16,18H,4-7,11H2,1-3H3. The van der Waals surface area contributed by atoms with Crippen LogP contribution in [0.4, 0.5) is 0 Å². The monoisotopic (exact) mass is 278 g/mol. The van der Waals surface area contributed by atoms with Gasteiger partial charge in [-0.1, -0.05) is 6.92 Å². The fraction of sp³-hybridized carbons (Fsp3) is 0.688. The molecule has 2 heterocycles. The number of nitrogens with one attached hydrogen (secondary N) is 1. The average Bonchev–Trinajstić information content (AvgIpc) is 2.91. The van der Waals surface area contributed by atoms with Gasteiger partial charge in [-0.2, -0.15) is 0 Å². The lowest BCUT2D eigenvalue weighted by Crippen LogP contribution is -2.24. The molecule has 0 aromatic carbocycles. The molecule has 2 unspecified atom stereocenters. The Morgan fingerprint density at radius 1 is 1.45 bits per heavy atom. The van der Waals surface area contributed by atoms with Crippen molar-refractivity contribution in [2.75, 3.05) is 19.8 Å². The van der Waals surface area contributed by atoms with Crippen molar-refractivity contribution < 1.29 is 9.47 Å². The van der Waals surface area contributed by atoms with Crippen LogP contribution in [-0.4, -0.2) is 30.8 Å². The zero-order valence-electron chi connectivity index (χ0n) is 12.8. The first-order chi connectivity index (χ1) is 9.69. The summed E-state index contributed by atoms with van der Waals surface area (Å²) >= 11 is 0. The van der Waals surface area contributed by atoms with E-state index in [1.54, 1.807) is 6.20 Å². The first-order valence-electron chi connectivity index (χ1n) is 7.61. The van der Waals surface area contributed by atoms with Gasteiger partial charge in [0.15, 0.2) is 0 Å². The Morgan fingerprint density at radius 3 is 2.95 bits per heavy atom. The second kappa shape index (κ2) is 7.60. The van der Waals surface area contributed by atoms with Gasteiger partial charge in [0.05, 0.1) is 12.3 Å². The first kappa shape index (κ1) is 15.3. The van der Waals surface area contributed by atoms with Crippen LogP contribution in [0.15, 0.2) is 18.5 Å². The van der Waals surface area contributed by atoms with E-state index in [1.165, 1.54) is 5.56 Å². The van der Waals surface area contributed by atoms with Crippen molar-refractivity contribution in [1.82, 2.24) is 10.3 Å². The molecule has 1 saturated heterocycles. The number of rotatable bonds is 7. The van der Waals surface area contributed by atoms with Crippen LogP contribution >= 0.6 is 0 Å². The first-order valence-corrected chi connectivity index (χ1v) is 7.61. The smallest absolute Gasteiger partial charge is 0.138 e. The zero-order chi connectivity index (χ0) is 14.4. The Labute approximate surface area is 121 Å². The topological polar surface area (TPSA) is 43.4 Å². The predicted octanol–water partition coefficient (Wildman–Crippen LogP) is 2.95.